The number of hydrogen-bond donors (Lipinski definition) is 0. The van der Waals surface area contributed by atoms with Gasteiger partial charge >= 0.3 is 0 Å². The van der Waals surface area contributed by atoms with Gasteiger partial charge in [-0.25, -0.2) is 4.21 Å². The minimum absolute atomic E-state index is 0.00213. The van der Waals surface area contributed by atoms with Crippen molar-refractivity contribution in [2.24, 2.45) is 0 Å². The monoisotopic (exact) mass is 504 g/mol. The van der Waals surface area contributed by atoms with Crippen molar-refractivity contribution in [1.29, 1.82) is 0 Å². The molecule has 36 heavy (non-hydrogen) atoms. The van der Waals surface area contributed by atoms with Crippen LogP contribution in [0.5, 0.6) is 11.5 Å². The first kappa shape index (κ1) is 24.6. The van der Waals surface area contributed by atoms with Crippen molar-refractivity contribution < 1.29 is 23.5 Å². The maximum Gasteiger partial charge on any atom is 0.269 e. The van der Waals surface area contributed by atoms with E-state index in [0.29, 0.717) is 32.4 Å². The Morgan fingerprint density at radius 3 is 1.36 bits per heavy atom. The SMILES string of the molecule is O=[N+]([O-])c1cccc(COc2ccc(S(=O)c3ccc(OCc4cccc([N+](=O)[O-])c4)cc3)cc2)c1. The van der Waals surface area contributed by atoms with Crippen molar-refractivity contribution in [3.63, 3.8) is 0 Å². The molecule has 4 rings (SSSR count). The summed E-state index contributed by atoms with van der Waals surface area (Å²) >= 11 is 0. The molecule has 4 aromatic rings. The van der Waals surface area contributed by atoms with Gasteiger partial charge in [-0.05, 0) is 59.7 Å². The number of non-ortho nitro benzene ring substituents is 2. The first-order valence-electron chi connectivity index (χ1n) is 10.7. The number of nitrogens with zero attached hydrogens (tertiary/aromatic N) is 2. The Labute approximate surface area is 208 Å². The molecule has 0 aromatic heterocycles. The van der Waals surface area contributed by atoms with E-state index < -0.39 is 20.6 Å². The topological polar surface area (TPSA) is 122 Å². The Bertz CT molecular complexity index is 1300. The zero-order chi connectivity index (χ0) is 25.5. The average molecular weight is 505 g/mol. The van der Waals surface area contributed by atoms with Crippen LogP contribution in [-0.2, 0) is 24.0 Å². The van der Waals surface area contributed by atoms with E-state index in [1.807, 2.05) is 0 Å². The molecule has 0 bridgehead atoms. The maximum atomic E-state index is 12.9. The Kier molecular flexibility index (Phi) is 7.66. The molecule has 0 radical (unpaired) electrons. The van der Waals surface area contributed by atoms with Crippen molar-refractivity contribution in [2.45, 2.75) is 23.0 Å². The highest BCUT2D eigenvalue weighted by atomic mass is 32.2. The maximum absolute atomic E-state index is 12.9. The van der Waals surface area contributed by atoms with Gasteiger partial charge in [-0.1, -0.05) is 24.3 Å². The fourth-order valence-corrected chi connectivity index (χ4v) is 4.35. The third-order valence-corrected chi connectivity index (χ3v) is 6.53. The van der Waals surface area contributed by atoms with E-state index in [0.717, 1.165) is 0 Å². The standard InChI is InChI=1S/C26H20N2O7S/c29-27(30)21-5-1-3-19(15-21)17-34-23-7-11-25(12-8-23)36(33)26-13-9-24(10-14-26)35-18-20-4-2-6-22(16-20)28(31)32/h1-16H,17-18H2. The minimum Gasteiger partial charge on any atom is -0.489 e. The third kappa shape index (κ3) is 6.30. The zero-order valence-corrected chi connectivity index (χ0v) is 19.6. The predicted molar refractivity (Wildman–Crippen MR) is 132 cm³/mol. The summed E-state index contributed by atoms with van der Waals surface area (Å²) in [5, 5.41) is 21.8. The summed E-state index contributed by atoms with van der Waals surface area (Å²) in [6.45, 7) is 0.337. The van der Waals surface area contributed by atoms with Crippen LogP contribution in [0.3, 0.4) is 0 Å². The lowest BCUT2D eigenvalue weighted by atomic mass is 10.2. The summed E-state index contributed by atoms with van der Waals surface area (Å²) < 4.78 is 24.3. The van der Waals surface area contributed by atoms with Crippen LogP contribution in [0.4, 0.5) is 11.4 Å². The van der Waals surface area contributed by atoms with Gasteiger partial charge in [0.05, 0.1) is 20.6 Å². The highest BCUT2D eigenvalue weighted by molar-refractivity contribution is 7.85. The number of rotatable bonds is 10. The van der Waals surface area contributed by atoms with Gasteiger partial charge in [0.2, 0.25) is 0 Å². The fourth-order valence-electron chi connectivity index (χ4n) is 3.31. The Balaban J connectivity index is 1.33. The first-order chi connectivity index (χ1) is 17.4. The molecule has 0 saturated carbocycles. The lowest BCUT2D eigenvalue weighted by Gasteiger charge is -2.09. The minimum atomic E-state index is -1.42. The molecule has 4 aromatic carbocycles. The van der Waals surface area contributed by atoms with Crippen LogP contribution in [0.1, 0.15) is 11.1 Å². The van der Waals surface area contributed by atoms with E-state index in [1.54, 1.807) is 72.8 Å². The number of benzene rings is 4. The molecule has 182 valence electrons. The summed E-state index contributed by atoms with van der Waals surface area (Å²) in [6.07, 6.45) is 0. The summed E-state index contributed by atoms with van der Waals surface area (Å²) in [5.41, 5.74) is 1.35. The van der Waals surface area contributed by atoms with Crippen LogP contribution < -0.4 is 9.47 Å². The van der Waals surface area contributed by atoms with Crippen LogP contribution in [0, 0.1) is 20.2 Å². The van der Waals surface area contributed by atoms with Crippen LogP contribution in [0.2, 0.25) is 0 Å². The second-order valence-corrected chi connectivity index (χ2v) is 9.12. The first-order valence-corrected chi connectivity index (χ1v) is 11.9. The Morgan fingerprint density at radius 2 is 1.00 bits per heavy atom. The molecule has 10 heteroatoms. The lowest BCUT2D eigenvalue weighted by molar-refractivity contribution is -0.385. The molecule has 0 heterocycles. The number of hydrogen-bond acceptors (Lipinski definition) is 7. The fraction of sp³-hybridized carbons (Fsp3) is 0.0769. The molecule has 9 nitrogen and oxygen atoms in total. The predicted octanol–water partition coefficient (Wildman–Crippen LogP) is 5.83. The molecular formula is C26H20N2O7S. The summed E-state index contributed by atoms with van der Waals surface area (Å²) in [4.78, 5) is 22.1. The lowest BCUT2D eigenvalue weighted by Crippen LogP contribution is -1.98. The van der Waals surface area contributed by atoms with Gasteiger partial charge in [0.1, 0.15) is 24.7 Å². The second kappa shape index (κ2) is 11.2. The molecule has 0 spiro atoms. The van der Waals surface area contributed by atoms with Crippen LogP contribution >= 0.6 is 0 Å². The van der Waals surface area contributed by atoms with Gasteiger partial charge in [0.25, 0.3) is 11.4 Å². The smallest absolute Gasteiger partial charge is 0.269 e. The Hall–Kier alpha value is -4.57. The van der Waals surface area contributed by atoms with Gasteiger partial charge < -0.3 is 9.47 Å². The molecule has 0 aliphatic carbocycles. The highest BCUT2D eigenvalue weighted by Crippen LogP contribution is 2.24. The van der Waals surface area contributed by atoms with E-state index in [4.69, 9.17) is 9.47 Å². The molecule has 0 unspecified atom stereocenters. The van der Waals surface area contributed by atoms with Crippen molar-refractivity contribution in [1.82, 2.24) is 0 Å². The largest absolute Gasteiger partial charge is 0.489 e. The van der Waals surface area contributed by atoms with Crippen molar-refractivity contribution in [3.05, 3.63) is 128 Å². The van der Waals surface area contributed by atoms with Crippen LogP contribution in [-0.4, -0.2) is 14.1 Å². The van der Waals surface area contributed by atoms with Gasteiger partial charge in [-0.15, -0.1) is 0 Å². The van der Waals surface area contributed by atoms with Gasteiger partial charge in [0, 0.05) is 34.1 Å². The van der Waals surface area contributed by atoms with E-state index >= 15 is 0 Å². The van der Waals surface area contributed by atoms with E-state index in [2.05, 4.69) is 0 Å². The molecule has 0 saturated heterocycles. The molecular weight excluding hydrogens is 484 g/mol. The summed E-state index contributed by atoms with van der Waals surface area (Å²) in [7, 11) is -1.42. The molecule has 0 atom stereocenters. The van der Waals surface area contributed by atoms with E-state index in [-0.39, 0.29) is 24.6 Å². The van der Waals surface area contributed by atoms with Crippen LogP contribution in [0.25, 0.3) is 0 Å². The number of ether oxygens (including phenoxy) is 2. The van der Waals surface area contributed by atoms with E-state index in [1.165, 1.54) is 24.3 Å². The van der Waals surface area contributed by atoms with Gasteiger partial charge in [0.15, 0.2) is 0 Å². The quantitative estimate of drug-likeness (QED) is 0.197. The molecule has 0 N–H and O–H groups in total. The van der Waals surface area contributed by atoms with Gasteiger partial charge in [-0.3, -0.25) is 20.2 Å². The van der Waals surface area contributed by atoms with Crippen molar-refractivity contribution in [3.8, 4) is 11.5 Å². The number of nitro benzene ring substituents is 2. The highest BCUT2D eigenvalue weighted by Gasteiger charge is 2.10. The summed E-state index contributed by atoms with van der Waals surface area (Å²) in [5.74, 6) is 1.10. The zero-order valence-electron chi connectivity index (χ0n) is 18.8. The average Bonchev–Trinajstić information content (AvgIpc) is 2.91. The van der Waals surface area contributed by atoms with Crippen molar-refractivity contribution >= 4 is 22.2 Å². The van der Waals surface area contributed by atoms with Crippen molar-refractivity contribution in [2.75, 3.05) is 0 Å². The third-order valence-electron chi connectivity index (χ3n) is 5.13. The van der Waals surface area contributed by atoms with E-state index in [9.17, 15) is 24.4 Å². The molecule has 0 fully saturated rings. The van der Waals surface area contributed by atoms with Gasteiger partial charge in [-0.2, -0.15) is 0 Å². The molecule has 0 aliphatic rings. The number of nitro groups is 2. The normalized spacial score (nSPS) is 10.7. The van der Waals surface area contributed by atoms with Crippen LogP contribution in [0.15, 0.2) is 107 Å². The molecule has 0 aliphatic heterocycles. The summed E-state index contributed by atoms with van der Waals surface area (Å²) in [6, 6.07) is 26.0. The Morgan fingerprint density at radius 1 is 0.611 bits per heavy atom. The second-order valence-electron chi connectivity index (χ2n) is 7.64. The molecule has 0 amide bonds.